The van der Waals surface area contributed by atoms with Gasteiger partial charge in [0.05, 0.1) is 17.4 Å². The molecule has 1 amide bonds. The van der Waals surface area contributed by atoms with E-state index in [0.29, 0.717) is 12.6 Å². The van der Waals surface area contributed by atoms with Crippen LogP contribution < -0.4 is 10.6 Å². The van der Waals surface area contributed by atoms with Crippen LogP contribution in [-0.2, 0) is 6.54 Å². The number of halogens is 3. The van der Waals surface area contributed by atoms with Crippen LogP contribution in [0.15, 0.2) is 54.7 Å². The van der Waals surface area contributed by atoms with Crippen molar-refractivity contribution in [2.75, 3.05) is 10.6 Å². The van der Waals surface area contributed by atoms with Crippen LogP contribution in [0.25, 0.3) is 0 Å². The number of hydrogen-bond donors (Lipinski definition) is 2. The Balaban J connectivity index is 1.62. The van der Waals surface area contributed by atoms with Gasteiger partial charge in [0.2, 0.25) is 0 Å². The molecule has 0 spiro atoms. The lowest BCUT2D eigenvalue weighted by Gasteiger charge is -2.09. The highest BCUT2D eigenvalue weighted by Gasteiger charge is 2.19. The van der Waals surface area contributed by atoms with Crippen LogP contribution in [0.1, 0.15) is 21.5 Å². The van der Waals surface area contributed by atoms with Gasteiger partial charge >= 0.3 is 0 Å². The quantitative estimate of drug-likeness (QED) is 0.641. The van der Waals surface area contributed by atoms with Gasteiger partial charge < -0.3 is 10.6 Å². The van der Waals surface area contributed by atoms with E-state index in [4.69, 9.17) is 0 Å². The van der Waals surface area contributed by atoms with E-state index in [9.17, 15) is 18.0 Å². The fourth-order valence-corrected chi connectivity index (χ4v) is 2.37. The molecule has 0 aliphatic heterocycles. The highest BCUT2D eigenvalue weighted by molar-refractivity contribution is 6.04. The first-order valence-electron chi connectivity index (χ1n) is 8.14. The van der Waals surface area contributed by atoms with Crippen LogP contribution in [0.5, 0.6) is 0 Å². The van der Waals surface area contributed by atoms with Crippen LogP contribution in [0.2, 0.25) is 0 Å². The maximum atomic E-state index is 13.7. The number of pyridine rings is 1. The van der Waals surface area contributed by atoms with Crippen LogP contribution in [0.4, 0.5) is 24.7 Å². The average molecular weight is 371 g/mol. The first kappa shape index (κ1) is 18.4. The number of aromatic nitrogens is 1. The second-order valence-corrected chi connectivity index (χ2v) is 5.95. The van der Waals surface area contributed by atoms with Crippen LogP contribution in [0.3, 0.4) is 0 Å². The number of nitrogens with one attached hydrogen (secondary N) is 2. The molecule has 0 fully saturated rings. The molecule has 4 nitrogen and oxygen atoms in total. The monoisotopic (exact) mass is 371 g/mol. The van der Waals surface area contributed by atoms with E-state index in [-0.39, 0.29) is 5.82 Å². The molecule has 0 radical (unpaired) electrons. The third kappa shape index (κ3) is 4.44. The molecule has 0 saturated heterocycles. The Hall–Kier alpha value is -3.35. The van der Waals surface area contributed by atoms with Gasteiger partial charge in [0, 0.05) is 6.54 Å². The van der Waals surface area contributed by atoms with E-state index < -0.39 is 28.9 Å². The summed E-state index contributed by atoms with van der Waals surface area (Å²) >= 11 is 0. The Bertz CT molecular complexity index is 957. The van der Waals surface area contributed by atoms with Gasteiger partial charge in [0.25, 0.3) is 5.91 Å². The van der Waals surface area contributed by atoms with Gasteiger partial charge in [0.15, 0.2) is 17.5 Å². The Labute approximate surface area is 154 Å². The van der Waals surface area contributed by atoms with E-state index in [1.165, 1.54) is 17.8 Å². The summed E-state index contributed by atoms with van der Waals surface area (Å²) in [5.41, 5.74) is 2.41. The minimum absolute atomic E-state index is 0.157. The van der Waals surface area contributed by atoms with Crippen molar-refractivity contribution >= 4 is 17.4 Å². The molecule has 1 aromatic heterocycles. The average Bonchev–Trinajstić information content (AvgIpc) is 2.67. The number of rotatable bonds is 5. The molecule has 0 saturated carbocycles. The number of carbonyl (C=O) groups is 1. The van der Waals surface area contributed by atoms with E-state index in [0.717, 1.165) is 17.3 Å². The van der Waals surface area contributed by atoms with Crippen molar-refractivity contribution in [3.63, 3.8) is 0 Å². The second-order valence-electron chi connectivity index (χ2n) is 5.95. The summed E-state index contributed by atoms with van der Waals surface area (Å²) in [4.78, 5) is 16.1. The van der Waals surface area contributed by atoms with Crippen molar-refractivity contribution < 1.29 is 18.0 Å². The molecule has 0 unspecified atom stereocenters. The summed E-state index contributed by atoms with van der Waals surface area (Å²) in [7, 11) is 0. The van der Waals surface area contributed by atoms with Crippen molar-refractivity contribution in [3.05, 3.63) is 88.9 Å². The summed E-state index contributed by atoms with van der Waals surface area (Å²) in [6.07, 6.45) is 1.51. The highest BCUT2D eigenvalue weighted by atomic mass is 19.2. The Kier molecular flexibility index (Phi) is 5.40. The van der Waals surface area contributed by atoms with Crippen molar-refractivity contribution in [2.24, 2.45) is 0 Å². The third-order valence-corrected chi connectivity index (χ3v) is 3.90. The number of nitrogens with zero attached hydrogens (tertiary/aromatic N) is 1. The van der Waals surface area contributed by atoms with Gasteiger partial charge in [0.1, 0.15) is 5.82 Å². The second kappa shape index (κ2) is 7.90. The number of aryl methyl sites for hydroxylation is 1. The molecule has 0 bridgehead atoms. The zero-order chi connectivity index (χ0) is 19.4. The normalized spacial score (nSPS) is 10.5. The minimum atomic E-state index is -1.69. The number of hydrogen-bond acceptors (Lipinski definition) is 3. The molecule has 138 valence electrons. The van der Waals surface area contributed by atoms with Gasteiger partial charge in [-0.05, 0) is 36.8 Å². The standard InChI is InChI=1S/C20H16F3N3O/c1-12-2-4-13(5-3-12)10-24-14-6-9-17(25-11-14)26-20(27)15-7-8-16(21)19(23)18(15)22/h2-9,11,24H,10H2,1H3,(H,25,26,27). The highest BCUT2D eigenvalue weighted by Crippen LogP contribution is 2.17. The van der Waals surface area contributed by atoms with E-state index >= 15 is 0 Å². The fraction of sp³-hybridized carbons (Fsp3) is 0.100. The lowest BCUT2D eigenvalue weighted by Crippen LogP contribution is -2.16. The number of anilines is 2. The lowest BCUT2D eigenvalue weighted by atomic mass is 10.1. The van der Waals surface area contributed by atoms with Crippen molar-refractivity contribution in [1.29, 1.82) is 0 Å². The number of benzene rings is 2. The smallest absolute Gasteiger partial charge is 0.259 e. The molecule has 2 aromatic carbocycles. The Morgan fingerprint density at radius 3 is 2.37 bits per heavy atom. The predicted octanol–water partition coefficient (Wildman–Crippen LogP) is 4.67. The maximum Gasteiger partial charge on any atom is 0.259 e. The number of carbonyl (C=O) groups excluding carboxylic acids is 1. The van der Waals surface area contributed by atoms with Crippen LogP contribution >= 0.6 is 0 Å². The van der Waals surface area contributed by atoms with Crippen LogP contribution in [-0.4, -0.2) is 10.9 Å². The predicted molar refractivity (Wildman–Crippen MR) is 97.0 cm³/mol. The molecule has 0 aliphatic carbocycles. The Morgan fingerprint density at radius 2 is 1.70 bits per heavy atom. The summed E-state index contributed by atoms with van der Waals surface area (Å²) < 4.78 is 39.8. The first-order chi connectivity index (χ1) is 12.9. The minimum Gasteiger partial charge on any atom is -0.380 e. The first-order valence-corrected chi connectivity index (χ1v) is 8.14. The van der Waals surface area contributed by atoms with Gasteiger partial charge in [-0.15, -0.1) is 0 Å². The largest absolute Gasteiger partial charge is 0.380 e. The molecular formula is C20H16F3N3O. The lowest BCUT2D eigenvalue weighted by molar-refractivity contribution is 0.102. The van der Waals surface area contributed by atoms with E-state index in [1.54, 1.807) is 6.07 Å². The molecule has 27 heavy (non-hydrogen) atoms. The Morgan fingerprint density at radius 1 is 0.963 bits per heavy atom. The van der Waals surface area contributed by atoms with E-state index in [1.807, 2.05) is 31.2 Å². The van der Waals surface area contributed by atoms with E-state index in [2.05, 4.69) is 15.6 Å². The van der Waals surface area contributed by atoms with Crippen molar-refractivity contribution in [3.8, 4) is 0 Å². The van der Waals surface area contributed by atoms with Gasteiger partial charge in [-0.1, -0.05) is 29.8 Å². The topological polar surface area (TPSA) is 54.0 Å². The van der Waals surface area contributed by atoms with Crippen LogP contribution in [0, 0.1) is 24.4 Å². The van der Waals surface area contributed by atoms with Gasteiger partial charge in [-0.2, -0.15) is 0 Å². The maximum absolute atomic E-state index is 13.7. The van der Waals surface area contributed by atoms with Crippen molar-refractivity contribution in [1.82, 2.24) is 4.98 Å². The zero-order valence-corrected chi connectivity index (χ0v) is 14.4. The zero-order valence-electron chi connectivity index (χ0n) is 14.4. The summed E-state index contributed by atoms with van der Waals surface area (Å²) in [6.45, 7) is 2.62. The third-order valence-electron chi connectivity index (χ3n) is 3.90. The molecule has 3 rings (SSSR count). The number of amides is 1. The SMILES string of the molecule is Cc1ccc(CNc2ccc(NC(=O)c3ccc(F)c(F)c3F)nc2)cc1. The fourth-order valence-electron chi connectivity index (χ4n) is 2.37. The molecule has 0 aliphatic rings. The molecular weight excluding hydrogens is 355 g/mol. The molecule has 7 heteroatoms. The van der Waals surface area contributed by atoms with Gasteiger partial charge in [-0.25, -0.2) is 18.2 Å². The molecule has 0 atom stereocenters. The summed E-state index contributed by atoms with van der Waals surface area (Å²) in [5, 5.41) is 5.53. The van der Waals surface area contributed by atoms with Crippen molar-refractivity contribution in [2.45, 2.75) is 13.5 Å². The summed E-state index contributed by atoms with van der Waals surface area (Å²) in [5.74, 6) is -5.34. The summed E-state index contributed by atoms with van der Waals surface area (Å²) in [6, 6.07) is 12.9. The molecule has 2 N–H and O–H groups in total. The molecule has 1 heterocycles. The molecule has 3 aromatic rings. The van der Waals surface area contributed by atoms with Gasteiger partial charge in [-0.3, -0.25) is 4.79 Å².